The zero-order valence-corrected chi connectivity index (χ0v) is 14.4. The molecule has 3 heterocycles. The molecule has 0 amide bonds. The third-order valence-corrected chi connectivity index (χ3v) is 4.91. The number of aryl methyl sites for hydroxylation is 2. The van der Waals surface area contributed by atoms with Crippen LogP contribution in [0.1, 0.15) is 16.8 Å². The molecule has 1 saturated heterocycles. The summed E-state index contributed by atoms with van der Waals surface area (Å²) in [7, 11) is 0. The Hall–Kier alpha value is -2.63. The maximum absolute atomic E-state index is 4.52. The van der Waals surface area contributed by atoms with Gasteiger partial charge in [-0.3, -0.25) is 0 Å². The average molecular weight is 322 g/mol. The zero-order valence-electron chi connectivity index (χ0n) is 14.4. The van der Waals surface area contributed by atoms with Gasteiger partial charge in [0.05, 0.1) is 0 Å². The SMILES string of the molecule is Cc1ccccc1N1CCN(c2c(C)c(C)nc3ncnn23)CC1. The second-order valence-electron chi connectivity index (χ2n) is 6.38. The molecule has 124 valence electrons. The molecule has 0 atom stereocenters. The Kier molecular flexibility index (Phi) is 3.59. The van der Waals surface area contributed by atoms with Crippen LogP contribution in [0.2, 0.25) is 0 Å². The van der Waals surface area contributed by atoms with E-state index in [2.05, 4.69) is 63.0 Å². The zero-order chi connectivity index (χ0) is 16.7. The predicted octanol–water partition coefficient (Wildman–Crippen LogP) is 2.38. The van der Waals surface area contributed by atoms with Crippen LogP contribution < -0.4 is 9.80 Å². The van der Waals surface area contributed by atoms with Crippen molar-refractivity contribution < 1.29 is 0 Å². The van der Waals surface area contributed by atoms with E-state index in [1.165, 1.54) is 16.8 Å². The molecule has 6 nitrogen and oxygen atoms in total. The average Bonchev–Trinajstić information content (AvgIpc) is 3.04. The van der Waals surface area contributed by atoms with E-state index in [1.54, 1.807) is 6.33 Å². The van der Waals surface area contributed by atoms with Crippen molar-refractivity contribution in [2.24, 2.45) is 0 Å². The minimum absolute atomic E-state index is 0.675. The molecule has 0 aliphatic carbocycles. The summed E-state index contributed by atoms with van der Waals surface area (Å²) in [5.74, 6) is 1.80. The molecular formula is C18H22N6. The number of hydrogen-bond donors (Lipinski definition) is 0. The molecule has 6 heteroatoms. The highest BCUT2D eigenvalue weighted by Gasteiger charge is 2.23. The Morgan fingerprint density at radius 3 is 2.38 bits per heavy atom. The number of anilines is 2. The minimum atomic E-state index is 0.675. The van der Waals surface area contributed by atoms with Crippen LogP contribution in [-0.4, -0.2) is 45.8 Å². The molecule has 3 aromatic rings. The molecule has 0 N–H and O–H groups in total. The number of fused-ring (bicyclic) bond motifs is 1. The summed E-state index contributed by atoms with van der Waals surface area (Å²) in [4.78, 5) is 13.6. The minimum Gasteiger partial charge on any atom is -0.368 e. The number of rotatable bonds is 2. The van der Waals surface area contributed by atoms with Crippen LogP contribution in [0.4, 0.5) is 11.5 Å². The molecule has 0 spiro atoms. The van der Waals surface area contributed by atoms with E-state index in [-0.39, 0.29) is 0 Å². The van der Waals surface area contributed by atoms with Crippen LogP contribution in [0.15, 0.2) is 30.6 Å². The second kappa shape index (κ2) is 5.78. The number of aromatic nitrogens is 4. The first kappa shape index (κ1) is 14.9. The topological polar surface area (TPSA) is 49.6 Å². The van der Waals surface area contributed by atoms with Gasteiger partial charge < -0.3 is 9.80 Å². The molecule has 1 fully saturated rings. The van der Waals surface area contributed by atoms with Crippen LogP contribution in [0.25, 0.3) is 5.78 Å². The van der Waals surface area contributed by atoms with Crippen molar-refractivity contribution in [3.05, 3.63) is 47.4 Å². The van der Waals surface area contributed by atoms with Gasteiger partial charge in [0.15, 0.2) is 0 Å². The fourth-order valence-electron chi connectivity index (χ4n) is 3.46. The molecule has 0 radical (unpaired) electrons. The maximum Gasteiger partial charge on any atom is 0.254 e. The molecule has 1 aromatic carbocycles. The number of para-hydroxylation sites is 1. The lowest BCUT2D eigenvalue weighted by atomic mass is 10.1. The number of benzene rings is 1. The Bertz CT molecular complexity index is 876. The van der Waals surface area contributed by atoms with Crippen molar-refractivity contribution in [1.82, 2.24) is 19.6 Å². The predicted molar refractivity (Wildman–Crippen MR) is 95.9 cm³/mol. The van der Waals surface area contributed by atoms with Gasteiger partial charge >= 0.3 is 0 Å². The Labute approximate surface area is 141 Å². The lowest BCUT2D eigenvalue weighted by molar-refractivity contribution is 0.635. The summed E-state index contributed by atoms with van der Waals surface area (Å²) in [5, 5.41) is 4.37. The molecule has 4 rings (SSSR count). The summed E-state index contributed by atoms with van der Waals surface area (Å²) < 4.78 is 1.87. The van der Waals surface area contributed by atoms with E-state index >= 15 is 0 Å². The van der Waals surface area contributed by atoms with Gasteiger partial charge in [0, 0.05) is 43.1 Å². The molecule has 2 aromatic heterocycles. The summed E-state index contributed by atoms with van der Waals surface area (Å²) >= 11 is 0. The van der Waals surface area contributed by atoms with Gasteiger partial charge in [-0.2, -0.15) is 14.6 Å². The first-order valence-electron chi connectivity index (χ1n) is 8.37. The molecule has 0 unspecified atom stereocenters. The second-order valence-corrected chi connectivity index (χ2v) is 6.38. The summed E-state index contributed by atoms with van der Waals surface area (Å²) in [5.41, 5.74) is 4.87. The van der Waals surface area contributed by atoms with Gasteiger partial charge in [-0.1, -0.05) is 18.2 Å². The quantitative estimate of drug-likeness (QED) is 0.725. The van der Waals surface area contributed by atoms with Crippen LogP contribution in [0, 0.1) is 20.8 Å². The largest absolute Gasteiger partial charge is 0.368 e. The van der Waals surface area contributed by atoms with Crippen molar-refractivity contribution in [2.75, 3.05) is 36.0 Å². The summed E-state index contributed by atoms with van der Waals surface area (Å²) in [6.07, 6.45) is 1.58. The van der Waals surface area contributed by atoms with Gasteiger partial charge in [-0.15, -0.1) is 0 Å². The van der Waals surface area contributed by atoms with Gasteiger partial charge in [-0.05, 0) is 32.4 Å². The number of piperazine rings is 1. The molecule has 0 saturated carbocycles. The van der Waals surface area contributed by atoms with Crippen molar-refractivity contribution in [3.8, 4) is 0 Å². The highest BCUT2D eigenvalue weighted by Crippen LogP contribution is 2.26. The van der Waals surface area contributed by atoms with Crippen molar-refractivity contribution in [3.63, 3.8) is 0 Å². The van der Waals surface area contributed by atoms with E-state index in [9.17, 15) is 0 Å². The number of nitrogens with zero attached hydrogens (tertiary/aromatic N) is 6. The third-order valence-electron chi connectivity index (χ3n) is 4.91. The van der Waals surface area contributed by atoms with Crippen LogP contribution in [0.5, 0.6) is 0 Å². The van der Waals surface area contributed by atoms with Crippen molar-refractivity contribution in [2.45, 2.75) is 20.8 Å². The smallest absolute Gasteiger partial charge is 0.254 e. The van der Waals surface area contributed by atoms with E-state index < -0.39 is 0 Å². The normalized spacial score (nSPS) is 15.3. The monoisotopic (exact) mass is 322 g/mol. The highest BCUT2D eigenvalue weighted by atomic mass is 15.4. The van der Waals surface area contributed by atoms with Gasteiger partial charge in [0.2, 0.25) is 0 Å². The number of hydrogen-bond acceptors (Lipinski definition) is 5. The van der Waals surface area contributed by atoms with Crippen LogP contribution >= 0.6 is 0 Å². The Morgan fingerprint density at radius 2 is 1.62 bits per heavy atom. The standard InChI is InChI=1S/C18H22N6/c1-13-6-4-5-7-16(13)22-8-10-23(11-9-22)17-14(2)15(3)21-18-19-12-20-24(17)18/h4-7,12H,8-11H2,1-3H3. The van der Waals surface area contributed by atoms with Crippen molar-refractivity contribution in [1.29, 1.82) is 0 Å². The summed E-state index contributed by atoms with van der Waals surface area (Å²) in [6.45, 7) is 10.3. The molecule has 1 aliphatic heterocycles. The summed E-state index contributed by atoms with van der Waals surface area (Å²) in [6, 6.07) is 8.60. The van der Waals surface area contributed by atoms with E-state index in [0.717, 1.165) is 37.7 Å². The molecule has 1 aliphatic rings. The van der Waals surface area contributed by atoms with Crippen LogP contribution in [0.3, 0.4) is 0 Å². The fourth-order valence-corrected chi connectivity index (χ4v) is 3.46. The molecule has 0 bridgehead atoms. The Balaban J connectivity index is 1.62. The highest BCUT2D eigenvalue weighted by molar-refractivity contribution is 5.57. The fraction of sp³-hybridized carbons (Fsp3) is 0.389. The van der Waals surface area contributed by atoms with Gasteiger partial charge in [-0.25, -0.2) is 4.98 Å². The van der Waals surface area contributed by atoms with Gasteiger partial charge in [0.25, 0.3) is 5.78 Å². The lowest BCUT2D eigenvalue weighted by Crippen LogP contribution is -2.47. The van der Waals surface area contributed by atoms with E-state index in [0.29, 0.717) is 5.78 Å². The van der Waals surface area contributed by atoms with E-state index in [1.807, 2.05) is 11.4 Å². The van der Waals surface area contributed by atoms with Crippen LogP contribution in [-0.2, 0) is 0 Å². The molecular weight excluding hydrogens is 300 g/mol. The molecule has 24 heavy (non-hydrogen) atoms. The first-order valence-corrected chi connectivity index (χ1v) is 8.37. The Morgan fingerprint density at radius 1 is 0.917 bits per heavy atom. The lowest BCUT2D eigenvalue weighted by Gasteiger charge is -2.38. The maximum atomic E-state index is 4.52. The van der Waals surface area contributed by atoms with Gasteiger partial charge in [0.1, 0.15) is 12.1 Å². The first-order chi connectivity index (χ1) is 11.6. The van der Waals surface area contributed by atoms with E-state index in [4.69, 9.17) is 0 Å². The van der Waals surface area contributed by atoms with Crippen molar-refractivity contribution >= 4 is 17.3 Å². The third kappa shape index (κ3) is 2.38.